The van der Waals surface area contributed by atoms with Crippen molar-refractivity contribution in [1.29, 1.82) is 0 Å². The van der Waals surface area contributed by atoms with E-state index in [2.05, 4.69) is 0 Å². The van der Waals surface area contributed by atoms with E-state index >= 15 is 0 Å². The Balaban J connectivity index is 1.68. The van der Waals surface area contributed by atoms with Gasteiger partial charge in [0, 0.05) is 24.9 Å². The number of amides is 1. The maximum Gasteiger partial charge on any atom is 0.410 e. The molecular formula is C19H25NO5. The van der Waals surface area contributed by atoms with Crippen LogP contribution in [0.5, 0.6) is 5.75 Å². The lowest BCUT2D eigenvalue weighted by Crippen LogP contribution is -2.50. The number of hydrogen-bond acceptors (Lipinski definition) is 4. The quantitative estimate of drug-likeness (QED) is 0.902. The fraction of sp³-hybridized carbons (Fsp3) is 0.579. The molecule has 2 unspecified atom stereocenters. The van der Waals surface area contributed by atoms with E-state index in [1.807, 2.05) is 25.7 Å². The van der Waals surface area contributed by atoms with E-state index in [9.17, 15) is 14.7 Å². The summed E-state index contributed by atoms with van der Waals surface area (Å²) in [5.74, 6) is -0.602. The standard InChI is InChI=1S/C19H25NO5/c1-19(2,3)25-18(23)20-12-8-9-13(20)11-14(10-12)24-16-7-5-4-6-15(16)17(21)22/h4-7,12-14H,8-11H2,1-3H3,(H,21,22). The zero-order chi connectivity index (χ0) is 18.2. The summed E-state index contributed by atoms with van der Waals surface area (Å²) in [4.78, 5) is 25.7. The van der Waals surface area contributed by atoms with Crippen LogP contribution in [0.25, 0.3) is 0 Å². The Hall–Kier alpha value is -2.24. The molecule has 1 aromatic rings. The van der Waals surface area contributed by atoms with E-state index < -0.39 is 11.6 Å². The van der Waals surface area contributed by atoms with E-state index in [0.717, 1.165) is 12.8 Å². The highest BCUT2D eigenvalue weighted by Crippen LogP contribution is 2.38. The van der Waals surface area contributed by atoms with Gasteiger partial charge in [-0.05, 0) is 45.7 Å². The predicted molar refractivity (Wildman–Crippen MR) is 91.9 cm³/mol. The smallest absolute Gasteiger partial charge is 0.410 e. The molecule has 6 heteroatoms. The Morgan fingerprint density at radius 1 is 1.12 bits per heavy atom. The summed E-state index contributed by atoms with van der Waals surface area (Å²) in [5, 5.41) is 9.29. The minimum Gasteiger partial charge on any atom is -0.489 e. The van der Waals surface area contributed by atoms with E-state index in [1.54, 1.807) is 24.3 Å². The van der Waals surface area contributed by atoms with E-state index in [1.165, 1.54) is 0 Å². The van der Waals surface area contributed by atoms with Crippen LogP contribution in [0.15, 0.2) is 24.3 Å². The first-order valence-corrected chi connectivity index (χ1v) is 8.75. The molecule has 2 saturated heterocycles. The van der Waals surface area contributed by atoms with Crippen LogP contribution in [0.1, 0.15) is 56.8 Å². The van der Waals surface area contributed by atoms with Gasteiger partial charge in [0.1, 0.15) is 23.0 Å². The molecule has 1 aromatic carbocycles. The van der Waals surface area contributed by atoms with Gasteiger partial charge in [0.15, 0.2) is 0 Å². The van der Waals surface area contributed by atoms with Crippen molar-refractivity contribution in [2.24, 2.45) is 0 Å². The molecule has 2 heterocycles. The second-order valence-electron chi connectivity index (χ2n) is 7.79. The molecule has 2 fully saturated rings. The number of carbonyl (C=O) groups excluding carboxylic acids is 1. The third-order valence-corrected chi connectivity index (χ3v) is 4.71. The molecule has 25 heavy (non-hydrogen) atoms. The van der Waals surface area contributed by atoms with Crippen molar-refractivity contribution < 1.29 is 24.2 Å². The number of benzene rings is 1. The van der Waals surface area contributed by atoms with Crippen LogP contribution in [0.4, 0.5) is 4.79 Å². The van der Waals surface area contributed by atoms with Gasteiger partial charge >= 0.3 is 12.1 Å². The lowest BCUT2D eigenvalue weighted by atomic mass is 10.00. The van der Waals surface area contributed by atoms with E-state index in [4.69, 9.17) is 9.47 Å². The number of piperidine rings is 1. The first-order valence-electron chi connectivity index (χ1n) is 8.75. The van der Waals surface area contributed by atoms with Crippen LogP contribution in [0, 0.1) is 0 Å². The van der Waals surface area contributed by atoms with Crippen molar-refractivity contribution in [3.8, 4) is 5.75 Å². The van der Waals surface area contributed by atoms with Gasteiger partial charge in [0.25, 0.3) is 0 Å². The minimum absolute atomic E-state index is 0.0864. The van der Waals surface area contributed by atoms with E-state index in [0.29, 0.717) is 18.6 Å². The van der Waals surface area contributed by atoms with Gasteiger partial charge in [-0.15, -0.1) is 0 Å². The zero-order valence-electron chi connectivity index (χ0n) is 14.9. The lowest BCUT2D eigenvalue weighted by Gasteiger charge is -2.39. The molecule has 136 valence electrons. The number of aromatic carboxylic acids is 1. The van der Waals surface area contributed by atoms with Gasteiger partial charge in [-0.1, -0.05) is 12.1 Å². The van der Waals surface area contributed by atoms with E-state index in [-0.39, 0.29) is 29.8 Å². The maximum atomic E-state index is 12.5. The predicted octanol–water partition coefficient (Wildman–Crippen LogP) is 3.69. The molecule has 2 atom stereocenters. The first-order chi connectivity index (χ1) is 11.7. The van der Waals surface area contributed by atoms with Crippen LogP contribution in [0.2, 0.25) is 0 Å². The number of fused-ring (bicyclic) bond motifs is 2. The van der Waals surface area contributed by atoms with Gasteiger partial charge in [-0.3, -0.25) is 0 Å². The second kappa shape index (κ2) is 6.58. The SMILES string of the molecule is CC(C)(C)OC(=O)N1C2CCC1CC(Oc1ccccc1C(=O)O)C2. The van der Waals surface area contributed by atoms with Crippen molar-refractivity contribution in [2.75, 3.05) is 0 Å². The van der Waals surface area contributed by atoms with Crippen LogP contribution in [-0.2, 0) is 4.74 Å². The summed E-state index contributed by atoms with van der Waals surface area (Å²) >= 11 is 0. The fourth-order valence-electron chi connectivity index (χ4n) is 3.76. The second-order valence-corrected chi connectivity index (χ2v) is 7.79. The Labute approximate surface area is 147 Å². The molecule has 0 spiro atoms. The van der Waals surface area contributed by atoms with Gasteiger partial charge in [-0.25, -0.2) is 9.59 Å². The van der Waals surface area contributed by atoms with Crippen LogP contribution in [-0.4, -0.2) is 45.9 Å². The summed E-state index contributed by atoms with van der Waals surface area (Å²) < 4.78 is 11.5. The third kappa shape index (κ3) is 3.89. The number of nitrogens with zero attached hydrogens (tertiary/aromatic N) is 1. The Bertz CT molecular complexity index is 652. The largest absolute Gasteiger partial charge is 0.489 e. The molecule has 3 rings (SSSR count). The maximum absolute atomic E-state index is 12.5. The van der Waals surface area contributed by atoms with Gasteiger partial charge in [0.2, 0.25) is 0 Å². The van der Waals surface area contributed by atoms with Gasteiger partial charge < -0.3 is 19.5 Å². The number of carbonyl (C=O) groups is 2. The van der Waals surface area contributed by atoms with Crippen LogP contribution < -0.4 is 4.74 Å². The number of carboxylic acid groups (broad SMARTS) is 1. The number of ether oxygens (including phenoxy) is 2. The van der Waals surface area contributed by atoms with Gasteiger partial charge in [-0.2, -0.15) is 0 Å². The Morgan fingerprint density at radius 2 is 1.72 bits per heavy atom. The summed E-state index contributed by atoms with van der Waals surface area (Å²) in [6.45, 7) is 5.60. The zero-order valence-corrected chi connectivity index (χ0v) is 14.9. The Morgan fingerprint density at radius 3 is 2.28 bits per heavy atom. The first kappa shape index (κ1) is 17.6. The molecule has 2 aliphatic heterocycles. The number of carboxylic acids is 1. The average Bonchev–Trinajstić information content (AvgIpc) is 2.78. The molecule has 0 radical (unpaired) electrons. The summed E-state index contributed by atoms with van der Waals surface area (Å²) in [7, 11) is 0. The van der Waals surface area contributed by atoms with Crippen molar-refractivity contribution in [3.05, 3.63) is 29.8 Å². The molecule has 6 nitrogen and oxygen atoms in total. The van der Waals surface area contributed by atoms with Crippen molar-refractivity contribution >= 4 is 12.1 Å². The summed E-state index contributed by atoms with van der Waals surface area (Å²) in [6, 6.07) is 6.87. The van der Waals surface area contributed by atoms with Gasteiger partial charge in [0.05, 0.1) is 0 Å². The highest BCUT2D eigenvalue weighted by Gasteiger charge is 2.45. The molecule has 0 aromatic heterocycles. The molecule has 1 amide bonds. The molecule has 1 N–H and O–H groups in total. The van der Waals surface area contributed by atoms with Crippen LogP contribution in [0.3, 0.4) is 0 Å². The molecule has 2 aliphatic rings. The molecule has 2 bridgehead atoms. The molecule has 0 aliphatic carbocycles. The minimum atomic E-state index is -0.996. The number of rotatable bonds is 3. The normalized spacial score (nSPS) is 25.6. The van der Waals surface area contributed by atoms with Crippen molar-refractivity contribution in [2.45, 2.75) is 70.2 Å². The fourth-order valence-corrected chi connectivity index (χ4v) is 3.76. The van der Waals surface area contributed by atoms with Crippen LogP contribution >= 0.6 is 0 Å². The van der Waals surface area contributed by atoms with Crippen molar-refractivity contribution in [3.63, 3.8) is 0 Å². The third-order valence-electron chi connectivity index (χ3n) is 4.71. The number of para-hydroxylation sites is 1. The Kier molecular flexibility index (Phi) is 4.62. The highest BCUT2D eigenvalue weighted by molar-refractivity contribution is 5.90. The monoisotopic (exact) mass is 347 g/mol. The number of hydrogen-bond donors (Lipinski definition) is 1. The average molecular weight is 347 g/mol. The van der Waals surface area contributed by atoms with Crippen molar-refractivity contribution in [1.82, 2.24) is 4.90 Å². The lowest BCUT2D eigenvalue weighted by molar-refractivity contribution is -0.00714. The molecular weight excluding hydrogens is 322 g/mol. The topological polar surface area (TPSA) is 76.1 Å². The highest BCUT2D eigenvalue weighted by atomic mass is 16.6. The summed E-state index contributed by atoms with van der Waals surface area (Å²) in [6.07, 6.45) is 2.92. The molecule has 0 saturated carbocycles. The summed E-state index contributed by atoms with van der Waals surface area (Å²) in [5.41, 5.74) is -0.339.